The van der Waals surface area contributed by atoms with E-state index in [9.17, 15) is 58.2 Å². The summed E-state index contributed by atoms with van der Waals surface area (Å²) in [5.74, 6) is -8.82. The molecule has 0 bridgehead atoms. The van der Waals surface area contributed by atoms with Crippen LogP contribution in [0.4, 0.5) is 0 Å². The summed E-state index contributed by atoms with van der Waals surface area (Å²) in [6.45, 7) is 10.8. The Balaban J connectivity index is 3.85. The molecule has 2 unspecified atom stereocenters. The molecule has 0 spiro atoms. The van der Waals surface area contributed by atoms with Crippen LogP contribution in [0.1, 0.15) is 126 Å². The van der Waals surface area contributed by atoms with Gasteiger partial charge in [0.1, 0.15) is 54.4 Å². The Bertz CT molecular complexity index is 1800. The predicted octanol–water partition coefficient (Wildman–Crippen LogP) is -4.91. The average molecular weight is 1040 g/mol. The molecule has 1 aliphatic heterocycles. The van der Waals surface area contributed by atoms with Gasteiger partial charge >= 0.3 is 0 Å². The van der Waals surface area contributed by atoms with E-state index in [0.717, 1.165) is 19.3 Å². The number of amides is 10. The molecule has 1 aliphatic rings. The van der Waals surface area contributed by atoms with Crippen LogP contribution in [-0.2, 0) is 47.9 Å². The summed E-state index contributed by atoms with van der Waals surface area (Å²) in [5.41, 5.74) is 23.4. The molecule has 0 aromatic heterocycles. The first kappa shape index (κ1) is 65.5. The summed E-state index contributed by atoms with van der Waals surface area (Å²) in [4.78, 5) is 138. The lowest BCUT2D eigenvalue weighted by Gasteiger charge is -2.29. The molecule has 0 aromatic rings. The van der Waals surface area contributed by atoms with Gasteiger partial charge in [0.05, 0.1) is 12.2 Å². The summed E-state index contributed by atoms with van der Waals surface area (Å²) < 4.78 is 0. The van der Waals surface area contributed by atoms with Gasteiger partial charge in [0, 0.05) is 13.0 Å². The Morgan fingerprint density at radius 2 is 1.03 bits per heavy atom. The SMILES string of the molecule is CCCCCCC(=O)N[C@H](C(=O)N[C@@H](CCN)C(=O)N[C@H]1CCNC(=O)[C@H](C(C)O)NC(=O)[C@H](CCN)NC(=O)[C@H](CCN)NC(=O)[C@H](CC(C)C)NC(=O)[C@@H](CC(C)C)NC(=O)[C@H](CCN)NC1=O)C(C)O. The fourth-order valence-electron chi connectivity index (χ4n) is 7.78. The quantitative estimate of drug-likeness (QED) is 0.0403. The molecule has 1 saturated heterocycles. The van der Waals surface area contributed by atoms with E-state index in [4.69, 9.17) is 22.9 Å². The maximum absolute atomic E-state index is 14.3. The van der Waals surface area contributed by atoms with Gasteiger partial charge in [-0.1, -0.05) is 53.9 Å². The maximum Gasteiger partial charge on any atom is 0.245 e. The van der Waals surface area contributed by atoms with Crippen LogP contribution in [0.3, 0.4) is 0 Å². The van der Waals surface area contributed by atoms with E-state index in [1.807, 2.05) is 6.92 Å². The highest BCUT2D eigenvalue weighted by atomic mass is 16.3. The van der Waals surface area contributed by atoms with Crippen molar-refractivity contribution in [1.82, 2.24) is 53.2 Å². The maximum atomic E-state index is 14.3. The second-order valence-electron chi connectivity index (χ2n) is 19.4. The topological polar surface area (TPSA) is 436 Å². The number of unbranched alkanes of at least 4 members (excludes halogenated alkanes) is 3. The third-order valence-electron chi connectivity index (χ3n) is 11.8. The van der Waals surface area contributed by atoms with E-state index in [-0.39, 0.29) is 83.0 Å². The molecule has 1 heterocycles. The van der Waals surface area contributed by atoms with Crippen LogP contribution >= 0.6 is 0 Å². The molecule has 73 heavy (non-hydrogen) atoms. The summed E-state index contributed by atoms with van der Waals surface area (Å²) in [6.07, 6.45) is -0.507. The second kappa shape index (κ2) is 34.8. The number of rotatable bonds is 24. The van der Waals surface area contributed by atoms with Crippen LogP contribution in [0.2, 0.25) is 0 Å². The summed E-state index contributed by atoms with van der Waals surface area (Å²) in [6, 6.07) is -12.8. The molecule has 0 radical (unpaired) electrons. The molecule has 0 saturated carbocycles. The minimum atomic E-state index is -1.65. The largest absolute Gasteiger partial charge is 0.391 e. The van der Waals surface area contributed by atoms with Crippen LogP contribution in [0.15, 0.2) is 0 Å². The van der Waals surface area contributed by atoms with Gasteiger partial charge in [0.2, 0.25) is 59.1 Å². The molecule has 1 rings (SSSR count). The number of carbonyl (C=O) groups excluding carboxylic acids is 10. The predicted molar refractivity (Wildman–Crippen MR) is 271 cm³/mol. The van der Waals surface area contributed by atoms with Crippen molar-refractivity contribution in [2.24, 2.45) is 34.8 Å². The van der Waals surface area contributed by atoms with Gasteiger partial charge in [0.25, 0.3) is 0 Å². The van der Waals surface area contributed by atoms with Gasteiger partial charge in [0.15, 0.2) is 0 Å². The molecular weight excluding hydrogens is 953 g/mol. The Kier molecular flexibility index (Phi) is 31.2. The molecule has 26 nitrogen and oxygen atoms in total. The van der Waals surface area contributed by atoms with Crippen molar-refractivity contribution in [3.63, 3.8) is 0 Å². The Morgan fingerprint density at radius 3 is 1.45 bits per heavy atom. The highest BCUT2D eigenvalue weighted by Crippen LogP contribution is 2.12. The highest BCUT2D eigenvalue weighted by Gasteiger charge is 2.37. The van der Waals surface area contributed by atoms with E-state index in [0.29, 0.717) is 6.42 Å². The molecule has 1 fully saturated rings. The van der Waals surface area contributed by atoms with Gasteiger partial charge in [-0.25, -0.2) is 0 Å². The fraction of sp³-hybridized carbons (Fsp3) is 0.787. The lowest BCUT2D eigenvalue weighted by Crippen LogP contribution is -2.61. The molecule has 418 valence electrons. The monoisotopic (exact) mass is 1040 g/mol. The molecule has 0 aromatic carbocycles. The number of nitrogens with two attached hydrogens (primary N) is 4. The normalized spacial score (nSPS) is 24.0. The lowest BCUT2D eigenvalue weighted by molar-refractivity contribution is -0.136. The van der Waals surface area contributed by atoms with Crippen molar-refractivity contribution in [3.8, 4) is 0 Å². The van der Waals surface area contributed by atoms with Crippen molar-refractivity contribution in [3.05, 3.63) is 0 Å². The number of nitrogens with one attached hydrogen (secondary N) is 10. The highest BCUT2D eigenvalue weighted by molar-refractivity contribution is 5.98. The Labute approximate surface area is 429 Å². The van der Waals surface area contributed by atoms with Crippen LogP contribution in [0.25, 0.3) is 0 Å². The third-order valence-corrected chi connectivity index (χ3v) is 11.8. The Hall–Kier alpha value is -5.54. The number of aliphatic hydroxyl groups excluding tert-OH is 2. The van der Waals surface area contributed by atoms with Crippen molar-refractivity contribution >= 4 is 59.1 Å². The van der Waals surface area contributed by atoms with Crippen LogP contribution in [0.5, 0.6) is 0 Å². The zero-order chi connectivity index (χ0) is 55.4. The minimum Gasteiger partial charge on any atom is -0.391 e. The van der Waals surface area contributed by atoms with Crippen molar-refractivity contribution in [2.75, 3.05) is 32.7 Å². The van der Waals surface area contributed by atoms with Crippen molar-refractivity contribution in [2.45, 2.75) is 192 Å². The summed E-state index contributed by atoms with van der Waals surface area (Å²) in [5, 5.41) is 46.7. The van der Waals surface area contributed by atoms with Gasteiger partial charge in [-0.2, -0.15) is 0 Å². The van der Waals surface area contributed by atoms with Gasteiger partial charge in [-0.05, 0) is 103 Å². The molecule has 11 atom stereocenters. The van der Waals surface area contributed by atoms with E-state index in [1.54, 1.807) is 27.7 Å². The van der Waals surface area contributed by atoms with E-state index in [2.05, 4.69) is 53.2 Å². The smallest absolute Gasteiger partial charge is 0.245 e. The van der Waals surface area contributed by atoms with Crippen LogP contribution < -0.4 is 76.1 Å². The first-order valence-corrected chi connectivity index (χ1v) is 25.6. The van der Waals surface area contributed by atoms with Gasteiger partial charge in [-0.3, -0.25) is 47.9 Å². The third kappa shape index (κ3) is 24.4. The fourth-order valence-corrected chi connectivity index (χ4v) is 7.78. The molecule has 0 aliphatic carbocycles. The van der Waals surface area contributed by atoms with Crippen LogP contribution in [-0.4, -0.2) is 169 Å². The zero-order valence-corrected chi connectivity index (χ0v) is 43.8. The van der Waals surface area contributed by atoms with Crippen LogP contribution in [0, 0.1) is 11.8 Å². The Morgan fingerprint density at radius 1 is 0.575 bits per heavy atom. The number of carbonyl (C=O) groups is 10. The minimum absolute atomic E-state index is 0.0678. The van der Waals surface area contributed by atoms with Crippen molar-refractivity contribution in [1.29, 1.82) is 0 Å². The molecule has 20 N–H and O–H groups in total. The number of hydrogen-bond donors (Lipinski definition) is 16. The first-order valence-electron chi connectivity index (χ1n) is 25.6. The molecule has 10 amide bonds. The van der Waals surface area contributed by atoms with E-state index < -0.39 is 139 Å². The van der Waals surface area contributed by atoms with E-state index in [1.165, 1.54) is 13.8 Å². The first-order chi connectivity index (χ1) is 34.4. The standard InChI is InChI=1S/C47H88N14O12/c1-8-9-10-11-12-36(64)60-38(28(7)63)47(73)57-31(15-20-50)40(66)56-33-17-22-52-46(72)37(27(6)62)61-43(69)32(16-21-51)54-39(65)29(13-18-48)55-44(70)34(23-25(2)3)59-45(71)35(24-26(4)5)58-41(67)30(14-19-49)53-42(33)68/h25-35,37-38,62-63H,8-24,48-51H2,1-7H3,(H,52,72)(H,53,68)(H,54,65)(H,55,70)(H,56,66)(H,57,73)(H,58,67)(H,59,71)(H,60,64)(H,61,69)/t27?,28?,29-,30-,31-,32-,33-,34-,35+,37-,38-/m0/s1. The molecular formula is C47H88N14O12. The zero-order valence-electron chi connectivity index (χ0n) is 43.8. The average Bonchev–Trinajstić information content (AvgIpc) is 3.31. The summed E-state index contributed by atoms with van der Waals surface area (Å²) in [7, 11) is 0. The van der Waals surface area contributed by atoms with Crippen molar-refractivity contribution < 1.29 is 58.2 Å². The van der Waals surface area contributed by atoms with E-state index >= 15 is 0 Å². The second-order valence-corrected chi connectivity index (χ2v) is 19.4. The summed E-state index contributed by atoms with van der Waals surface area (Å²) >= 11 is 0. The number of aliphatic hydroxyl groups is 2. The lowest BCUT2D eigenvalue weighted by atomic mass is 9.99. The van der Waals surface area contributed by atoms with Gasteiger partial charge < -0.3 is 86.3 Å². The molecule has 26 heteroatoms. The van der Waals surface area contributed by atoms with Gasteiger partial charge in [-0.15, -0.1) is 0 Å². The number of hydrogen-bond acceptors (Lipinski definition) is 16.